The topological polar surface area (TPSA) is 17.8 Å². The molecule has 1 heterocycles. The Balaban J connectivity index is 2.48. The van der Waals surface area contributed by atoms with Crippen molar-refractivity contribution in [3.63, 3.8) is 0 Å². The number of rotatable bonds is 4. The van der Waals surface area contributed by atoms with E-state index in [1.165, 1.54) is 0 Å². The Morgan fingerprint density at radius 1 is 1.28 bits per heavy atom. The molecular formula is C14H18Cl2N2. The lowest BCUT2D eigenvalue weighted by Crippen LogP contribution is -2.14. The first-order valence-electron chi connectivity index (χ1n) is 6.23. The normalized spacial score (nSPS) is 13.4. The summed E-state index contributed by atoms with van der Waals surface area (Å²) in [4.78, 5) is 4.56. The van der Waals surface area contributed by atoms with Crippen molar-refractivity contribution in [2.75, 3.05) is 0 Å². The van der Waals surface area contributed by atoms with Gasteiger partial charge in [0.2, 0.25) is 0 Å². The summed E-state index contributed by atoms with van der Waals surface area (Å²) in [7, 11) is 0. The van der Waals surface area contributed by atoms with E-state index in [1.54, 1.807) is 0 Å². The first-order chi connectivity index (χ1) is 8.52. The lowest BCUT2D eigenvalue weighted by molar-refractivity contribution is 0.365. The third-order valence-corrected chi connectivity index (χ3v) is 3.99. The summed E-state index contributed by atoms with van der Waals surface area (Å²) in [5.74, 6) is 2.55. The molecular weight excluding hydrogens is 267 g/mol. The van der Waals surface area contributed by atoms with Gasteiger partial charge >= 0.3 is 0 Å². The van der Waals surface area contributed by atoms with Crippen molar-refractivity contribution in [1.29, 1.82) is 0 Å². The summed E-state index contributed by atoms with van der Waals surface area (Å²) in [6, 6.07) is 5.78. The molecule has 0 aliphatic carbocycles. The van der Waals surface area contributed by atoms with Crippen LogP contribution in [0, 0.1) is 11.8 Å². The molecule has 98 valence electrons. The molecule has 2 rings (SSSR count). The summed E-state index contributed by atoms with van der Waals surface area (Å²) in [5.41, 5.74) is 2.04. The summed E-state index contributed by atoms with van der Waals surface area (Å²) in [5, 5.41) is 0.738. The maximum atomic E-state index is 6.07. The van der Waals surface area contributed by atoms with Crippen LogP contribution in [0.25, 0.3) is 11.0 Å². The van der Waals surface area contributed by atoms with E-state index in [0.29, 0.717) is 17.7 Å². The van der Waals surface area contributed by atoms with Crippen LogP contribution in [0.15, 0.2) is 18.2 Å². The van der Waals surface area contributed by atoms with E-state index < -0.39 is 0 Å². The van der Waals surface area contributed by atoms with Gasteiger partial charge < -0.3 is 4.57 Å². The number of fused-ring (bicyclic) bond motifs is 1. The van der Waals surface area contributed by atoms with Crippen LogP contribution in [0.5, 0.6) is 0 Å². The Morgan fingerprint density at radius 2 is 2.00 bits per heavy atom. The van der Waals surface area contributed by atoms with Crippen LogP contribution in [-0.2, 0) is 12.4 Å². The van der Waals surface area contributed by atoms with Crippen LogP contribution in [0.1, 0.15) is 26.6 Å². The monoisotopic (exact) mass is 284 g/mol. The van der Waals surface area contributed by atoms with Crippen LogP contribution in [0.2, 0.25) is 5.02 Å². The number of alkyl halides is 1. The Kier molecular flexibility index (Phi) is 4.18. The van der Waals surface area contributed by atoms with E-state index in [-0.39, 0.29) is 0 Å². The smallest absolute Gasteiger partial charge is 0.124 e. The molecule has 4 heteroatoms. The van der Waals surface area contributed by atoms with Crippen LogP contribution in [0.4, 0.5) is 0 Å². The van der Waals surface area contributed by atoms with E-state index in [2.05, 4.69) is 30.3 Å². The van der Waals surface area contributed by atoms with E-state index in [1.807, 2.05) is 18.2 Å². The summed E-state index contributed by atoms with van der Waals surface area (Å²) < 4.78 is 2.19. The Labute approximate surface area is 118 Å². The fourth-order valence-electron chi connectivity index (χ4n) is 1.95. The average Bonchev–Trinajstić information content (AvgIpc) is 2.67. The second kappa shape index (κ2) is 5.50. The van der Waals surface area contributed by atoms with Gasteiger partial charge in [0.15, 0.2) is 0 Å². The maximum Gasteiger partial charge on any atom is 0.124 e. The fraction of sp³-hybridized carbons (Fsp3) is 0.500. The van der Waals surface area contributed by atoms with E-state index in [4.69, 9.17) is 23.2 Å². The highest BCUT2D eigenvalue weighted by Crippen LogP contribution is 2.24. The van der Waals surface area contributed by atoms with Gasteiger partial charge in [-0.2, -0.15) is 0 Å². The van der Waals surface area contributed by atoms with Gasteiger partial charge in [-0.15, -0.1) is 11.6 Å². The van der Waals surface area contributed by atoms with Crippen molar-refractivity contribution in [2.45, 2.75) is 33.2 Å². The molecule has 0 spiro atoms. The number of imidazole rings is 1. The number of hydrogen-bond acceptors (Lipinski definition) is 1. The van der Waals surface area contributed by atoms with Crippen LogP contribution in [0.3, 0.4) is 0 Å². The molecule has 0 amide bonds. The molecule has 0 aliphatic heterocycles. The van der Waals surface area contributed by atoms with Crippen molar-refractivity contribution in [2.24, 2.45) is 11.8 Å². The Hall–Kier alpha value is -0.730. The molecule has 1 aromatic heterocycles. The number of aromatic nitrogens is 2. The van der Waals surface area contributed by atoms with Gasteiger partial charge in [0.25, 0.3) is 0 Å². The largest absolute Gasteiger partial charge is 0.327 e. The number of hydrogen-bond donors (Lipinski definition) is 0. The minimum atomic E-state index is 0.428. The van der Waals surface area contributed by atoms with Gasteiger partial charge in [-0.3, -0.25) is 0 Å². The zero-order chi connectivity index (χ0) is 13.3. The zero-order valence-corrected chi connectivity index (χ0v) is 12.5. The predicted molar refractivity (Wildman–Crippen MR) is 78.3 cm³/mol. The third-order valence-electron chi connectivity index (χ3n) is 3.52. The lowest BCUT2D eigenvalue weighted by Gasteiger charge is -2.18. The molecule has 18 heavy (non-hydrogen) atoms. The molecule has 0 saturated carbocycles. The summed E-state index contributed by atoms with van der Waals surface area (Å²) >= 11 is 12.1. The second-order valence-corrected chi connectivity index (χ2v) is 5.83. The van der Waals surface area contributed by atoms with Crippen molar-refractivity contribution in [3.8, 4) is 0 Å². The lowest BCUT2D eigenvalue weighted by atomic mass is 9.98. The van der Waals surface area contributed by atoms with Crippen LogP contribution >= 0.6 is 23.2 Å². The molecule has 0 fully saturated rings. The highest BCUT2D eigenvalue weighted by molar-refractivity contribution is 6.31. The van der Waals surface area contributed by atoms with Crippen LogP contribution < -0.4 is 0 Å². The van der Waals surface area contributed by atoms with Crippen molar-refractivity contribution in [3.05, 3.63) is 29.0 Å². The van der Waals surface area contributed by atoms with Gasteiger partial charge in [-0.1, -0.05) is 32.4 Å². The molecule has 1 unspecified atom stereocenters. The summed E-state index contributed by atoms with van der Waals surface area (Å²) in [6.07, 6.45) is 0. The van der Waals surface area contributed by atoms with Gasteiger partial charge in [-0.25, -0.2) is 4.98 Å². The highest BCUT2D eigenvalue weighted by atomic mass is 35.5. The SMILES string of the molecule is CC(C)C(C)Cn1c(CCl)nc2ccc(Cl)cc21. The number of halogens is 2. The molecule has 0 aliphatic rings. The number of benzene rings is 1. The van der Waals surface area contributed by atoms with Gasteiger partial charge in [-0.05, 0) is 30.0 Å². The Bertz CT molecular complexity index is 546. The molecule has 1 aromatic carbocycles. The quantitative estimate of drug-likeness (QED) is 0.743. The first-order valence-corrected chi connectivity index (χ1v) is 7.14. The second-order valence-electron chi connectivity index (χ2n) is 5.13. The van der Waals surface area contributed by atoms with Gasteiger partial charge in [0.1, 0.15) is 5.82 Å². The van der Waals surface area contributed by atoms with Crippen molar-refractivity contribution in [1.82, 2.24) is 9.55 Å². The minimum Gasteiger partial charge on any atom is -0.327 e. The van der Waals surface area contributed by atoms with Crippen molar-refractivity contribution < 1.29 is 0 Å². The predicted octanol–water partition coefficient (Wildman–Crippen LogP) is 4.72. The molecule has 0 saturated heterocycles. The van der Waals surface area contributed by atoms with Gasteiger partial charge in [0.05, 0.1) is 16.9 Å². The van der Waals surface area contributed by atoms with E-state index in [0.717, 1.165) is 28.4 Å². The van der Waals surface area contributed by atoms with E-state index >= 15 is 0 Å². The molecule has 2 aromatic rings. The third kappa shape index (κ3) is 2.65. The van der Waals surface area contributed by atoms with Gasteiger partial charge in [0, 0.05) is 11.6 Å². The van der Waals surface area contributed by atoms with E-state index in [9.17, 15) is 0 Å². The standard InChI is InChI=1S/C14H18Cl2N2/c1-9(2)10(3)8-18-13-6-11(16)4-5-12(13)17-14(18)7-15/h4-6,9-10H,7-8H2,1-3H3. The maximum absolute atomic E-state index is 6.07. The van der Waals surface area contributed by atoms with Crippen molar-refractivity contribution >= 4 is 34.2 Å². The minimum absolute atomic E-state index is 0.428. The Morgan fingerprint density at radius 3 is 2.61 bits per heavy atom. The first kappa shape index (κ1) is 13.7. The molecule has 0 radical (unpaired) electrons. The fourth-order valence-corrected chi connectivity index (χ4v) is 2.32. The zero-order valence-electron chi connectivity index (χ0n) is 11.0. The molecule has 0 bridgehead atoms. The average molecular weight is 285 g/mol. The summed E-state index contributed by atoms with van der Waals surface area (Å²) in [6.45, 7) is 7.64. The molecule has 0 N–H and O–H groups in total. The molecule has 1 atom stereocenters. The number of nitrogens with zero attached hydrogens (tertiary/aromatic N) is 2. The van der Waals surface area contributed by atoms with Crippen LogP contribution in [-0.4, -0.2) is 9.55 Å². The molecule has 2 nitrogen and oxygen atoms in total. The highest BCUT2D eigenvalue weighted by Gasteiger charge is 2.14.